The molecule has 4 rings (SSSR count). The van der Waals surface area contributed by atoms with Crippen LogP contribution in [0.3, 0.4) is 0 Å². The lowest BCUT2D eigenvalue weighted by Crippen LogP contribution is -2.17. The first-order chi connectivity index (χ1) is 14.2. The van der Waals surface area contributed by atoms with Crippen molar-refractivity contribution in [3.8, 4) is 11.5 Å². The number of para-hydroxylation sites is 2. The van der Waals surface area contributed by atoms with Gasteiger partial charge in [-0.3, -0.25) is 4.79 Å². The van der Waals surface area contributed by atoms with Gasteiger partial charge >= 0.3 is 6.18 Å². The number of aryl methyl sites for hydroxylation is 1. The second-order valence-corrected chi connectivity index (χ2v) is 6.82. The van der Waals surface area contributed by atoms with E-state index in [9.17, 15) is 18.0 Å². The molecule has 152 valence electrons. The molecule has 0 spiro atoms. The summed E-state index contributed by atoms with van der Waals surface area (Å²) in [5.41, 5.74) is 0.748. The fraction of sp³-hybridized carbons (Fsp3) is 0.100. The van der Waals surface area contributed by atoms with Gasteiger partial charge in [-0.15, -0.1) is 0 Å². The molecule has 0 radical (unpaired) electrons. The Balaban J connectivity index is 1.63. The van der Waals surface area contributed by atoms with Crippen molar-refractivity contribution in [3.63, 3.8) is 0 Å². The maximum absolute atomic E-state index is 12.8. The predicted octanol–water partition coefficient (Wildman–Crippen LogP) is 5.25. The number of hydrogen-bond acceptors (Lipinski definition) is 4. The van der Waals surface area contributed by atoms with Crippen molar-refractivity contribution in [2.45, 2.75) is 13.1 Å². The third-order valence-electron chi connectivity index (χ3n) is 4.32. The summed E-state index contributed by atoms with van der Waals surface area (Å²) < 4.78 is 38.3. The number of amides is 1. The van der Waals surface area contributed by atoms with Gasteiger partial charge < -0.3 is 10.3 Å². The van der Waals surface area contributed by atoms with E-state index in [0.29, 0.717) is 16.5 Å². The molecule has 1 amide bonds. The van der Waals surface area contributed by atoms with Crippen LogP contribution in [0, 0.1) is 6.92 Å². The molecule has 4 aromatic rings. The van der Waals surface area contributed by atoms with Crippen molar-refractivity contribution in [2.24, 2.45) is 0 Å². The van der Waals surface area contributed by atoms with E-state index >= 15 is 0 Å². The molecule has 2 N–H and O–H groups in total. The average molecular weight is 432 g/mol. The molecule has 6 nitrogen and oxygen atoms in total. The Hall–Kier alpha value is -3.46. The predicted molar refractivity (Wildman–Crippen MR) is 106 cm³/mol. The monoisotopic (exact) mass is 431 g/mol. The van der Waals surface area contributed by atoms with Crippen LogP contribution in [0.5, 0.6) is 0 Å². The molecule has 0 aliphatic carbocycles. The molecule has 0 unspecified atom stereocenters. The van der Waals surface area contributed by atoms with Crippen molar-refractivity contribution in [2.75, 3.05) is 5.32 Å². The number of imidazole rings is 1. The number of benzene rings is 1. The second kappa shape index (κ2) is 7.42. The first kappa shape index (κ1) is 19.8. The van der Waals surface area contributed by atoms with E-state index in [1.807, 2.05) is 24.3 Å². The van der Waals surface area contributed by atoms with E-state index in [4.69, 9.17) is 11.6 Å². The summed E-state index contributed by atoms with van der Waals surface area (Å²) >= 11 is 6.25. The second-order valence-electron chi connectivity index (χ2n) is 6.41. The Kier molecular flexibility index (Phi) is 4.90. The Morgan fingerprint density at radius 1 is 1.03 bits per heavy atom. The minimum atomic E-state index is -4.58. The maximum Gasteiger partial charge on any atom is 0.433 e. The highest BCUT2D eigenvalue weighted by Crippen LogP contribution is 2.29. The molecule has 3 heterocycles. The summed E-state index contributed by atoms with van der Waals surface area (Å²) in [5.74, 6) is -0.0528. The van der Waals surface area contributed by atoms with Gasteiger partial charge in [-0.05, 0) is 43.3 Å². The average Bonchev–Trinajstić information content (AvgIpc) is 3.12. The van der Waals surface area contributed by atoms with Crippen LogP contribution in [0.1, 0.15) is 21.7 Å². The van der Waals surface area contributed by atoms with Crippen LogP contribution in [-0.2, 0) is 6.18 Å². The van der Waals surface area contributed by atoms with E-state index in [2.05, 4.69) is 25.3 Å². The standard InChI is InChI=1S/C20H13ClF3N5O/c1-10-11(6-8-15(25-10)20(22,23)24)19(30)29-16-9-7-12(21)17(28-16)18-26-13-4-2-3-5-14(13)27-18/h2-9H,1H3,(H,26,27)(H,28,29,30). The Labute approximate surface area is 173 Å². The Bertz CT molecular complexity index is 1240. The van der Waals surface area contributed by atoms with Crippen LogP contribution in [-0.4, -0.2) is 25.8 Å². The van der Waals surface area contributed by atoms with Gasteiger partial charge in [-0.25, -0.2) is 15.0 Å². The quantitative estimate of drug-likeness (QED) is 0.464. The van der Waals surface area contributed by atoms with E-state index in [1.165, 1.54) is 13.0 Å². The van der Waals surface area contributed by atoms with Crippen LogP contribution >= 0.6 is 11.6 Å². The van der Waals surface area contributed by atoms with Gasteiger partial charge in [0.1, 0.15) is 17.2 Å². The highest BCUT2D eigenvalue weighted by Gasteiger charge is 2.33. The van der Waals surface area contributed by atoms with Gasteiger partial charge in [0.05, 0.1) is 27.3 Å². The number of carbonyl (C=O) groups excluding carboxylic acids is 1. The van der Waals surface area contributed by atoms with Crippen LogP contribution in [0.2, 0.25) is 5.02 Å². The van der Waals surface area contributed by atoms with E-state index in [-0.39, 0.29) is 17.1 Å². The fourth-order valence-corrected chi connectivity index (χ4v) is 3.08. The van der Waals surface area contributed by atoms with Gasteiger partial charge in [0, 0.05) is 0 Å². The zero-order chi connectivity index (χ0) is 21.5. The van der Waals surface area contributed by atoms with Gasteiger partial charge in [-0.1, -0.05) is 23.7 Å². The smallest absolute Gasteiger partial charge is 0.337 e. The summed E-state index contributed by atoms with van der Waals surface area (Å²) in [7, 11) is 0. The molecule has 0 bridgehead atoms. The third-order valence-corrected chi connectivity index (χ3v) is 4.63. The molecule has 0 atom stereocenters. The summed E-state index contributed by atoms with van der Waals surface area (Å²) in [6.07, 6.45) is -4.58. The number of aromatic nitrogens is 4. The number of carbonyl (C=O) groups is 1. The number of rotatable bonds is 3. The normalized spacial score (nSPS) is 11.6. The van der Waals surface area contributed by atoms with Crippen molar-refractivity contribution >= 4 is 34.4 Å². The number of alkyl halides is 3. The van der Waals surface area contributed by atoms with E-state index in [1.54, 1.807) is 6.07 Å². The number of anilines is 1. The number of nitrogens with one attached hydrogen (secondary N) is 2. The molecule has 0 aliphatic heterocycles. The van der Waals surface area contributed by atoms with Crippen LogP contribution < -0.4 is 5.32 Å². The molecule has 0 fully saturated rings. The summed E-state index contributed by atoms with van der Waals surface area (Å²) in [4.78, 5) is 27.9. The van der Waals surface area contributed by atoms with Crippen LogP contribution in [0.4, 0.5) is 19.0 Å². The van der Waals surface area contributed by atoms with Crippen LogP contribution in [0.25, 0.3) is 22.6 Å². The number of aromatic amines is 1. The highest BCUT2D eigenvalue weighted by atomic mass is 35.5. The fourth-order valence-electron chi connectivity index (χ4n) is 2.89. The van der Waals surface area contributed by atoms with Gasteiger partial charge in [0.25, 0.3) is 5.91 Å². The number of halogens is 4. The minimum Gasteiger partial charge on any atom is -0.337 e. The number of fused-ring (bicyclic) bond motifs is 1. The zero-order valence-electron chi connectivity index (χ0n) is 15.4. The van der Waals surface area contributed by atoms with Gasteiger partial charge in [-0.2, -0.15) is 13.2 Å². The number of nitrogens with zero attached hydrogens (tertiary/aromatic N) is 3. The van der Waals surface area contributed by atoms with Crippen molar-refractivity contribution < 1.29 is 18.0 Å². The number of hydrogen-bond donors (Lipinski definition) is 2. The lowest BCUT2D eigenvalue weighted by atomic mass is 10.1. The highest BCUT2D eigenvalue weighted by molar-refractivity contribution is 6.33. The van der Waals surface area contributed by atoms with Crippen molar-refractivity contribution in [1.29, 1.82) is 0 Å². The van der Waals surface area contributed by atoms with Crippen molar-refractivity contribution in [3.05, 3.63) is 70.5 Å². The Morgan fingerprint density at radius 3 is 2.50 bits per heavy atom. The first-order valence-corrected chi connectivity index (χ1v) is 9.08. The minimum absolute atomic E-state index is 0.00466. The zero-order valence-corrected chi connectivity index (χ0v) is 16.1. The largest absolute Gasteiger partial charge is 0.433 e. The molecule has 1 aromatic carbocycles. The number of H-pyrrole nitrogens is 1. The Morgan fingerprint density at radius 2 is 1.80 bits per heavy atom. The lowest BCUT2D eigenvalue weighted by Gasteiger charge is -2.11. The van der Waals surface area contributed by atoms with E-state index in [0.717, 1.165) is 23.2 Å². The summed E-state index contributed by atoms with van der Waals surface area (Å²) in [5, 5.41) is 2.88. The molecular formula is C20H13ClF3N5O. The van der Waals surface area contributed by atoms with E-state index < -0.39 is 17.8 Å². The molecule has 10 heteroatoms. The topological polar surface area (TPSA) is 83.6 Å². The molecule has 30 heavy (non-hydrogen) atoms. The van der Waals surface area contributed by atoms with Gasteiger partial charge in [0.15, 0.2) is 5.82 Å². The molecule has 3 aromatic heterocycles. The number of pyridine rings is 2. The van der Waals surface area contributed by atoms with Crippen LogP contribution in [0.15, 0.2) is 48.5 Å². The SMILES string of the molecule is Cc1nc(C(F)(F)F)ccc1C(=O)Nc1ccc(Cl)c(-c2nc3ccccc3[nH]2)n1. The first-order valence-electron chi connectivity index (χ1n) is 8.70. The van der Waals surface area contributed by atoms with Crippen molar-refractivity contribution in [1.82, 2.24) is 19.9 Å². The van der Waals surface area contributed by atoms with Gasteiger partial charge in [0.2, 0.25) is 0 Å². The lowest BCUT2D eigenvalue weighted by molar-refractivity contribution is -0.141. The maximum atomic E-state index is 12.8. The molecule has 0 saturated carbocycles. The summed E-state index contributed by atoms with van der Waals surface area (Å²) in [6, 6.07) is 12.3. The summed E-state index contributed by atoms with van der Waals surface area (Å²) in [6.45, 7) is 1.33. The molecular weight excluding hydrogens is 419 g/mol. The third kappa shape index (κ3) is 3.84. The molecule has 0 saturated heterocycles. The molecule has 0 aliphatic rings.